The molecule has 0 fully saturated rings. The molecule has 0 spiro atoms. The van der Waals surface area contributed by atoms with Gasteiger partial charge in [0.1, 0.15) is 0 Å². The zero-order valence-electron chi connectivity index (χ0n) is 6.38. The number of hydrogen-bond donors (Lipinski definition) is 0. The molecular weight excluding hydrogens is 134 g/mol. The first-order valence-electron chi connectivity index (χ1n) is 2.96. The number of methoxy groups -OCH3 is 1. The lowest BCUT2D eigenvalue weighted by Crippen LogP contribution is -2.28. The van der Waals surface area contributed by atoms with Crippen LogP contribution in [0.2, 0.25) is 0 Å². The lowest BCUT2D eigenvalue weighted by molar-refractivity contribution is -0.200. The van der Waals surface area contributed by atoms with Crippen molar-refractivity contribution in [2.75, 3.05) is 13.7 Å². The Hall–Kier alpha value is -0.700. The molecule has 0 saturated heterocycles. The Kier molecular flexibility index (Phi) is 3.88. The number of aliphatic imine (C=N–C) groups is 1. The summed E-state index contributed by atoms with van der Waals surface area (Å²) in [5.74, 6) is -1.16. The number of isocyanates is 1. The number of ether oxygens (including phenoxy) is 2. The molecule has 0 aromatic rings. The van der Waals surface area contributed by atoms with Crippen molar-refractivity contribution in [1.82, 2.24) is 0 Å². The molecule has 10 heavy (non-hydrogen) atoms. The quantitative estimate of drug-likeness (QED) is 0.332. The van der Waals surface area contributed by atoms with Crippen molar-refractivity contribution in [2.45, 2.75) is 19.8 Å². The second kappa shape index (κ2) is 4.17. The third-order valence-corrected chi connectivity index (χ3v) is 1.04. The molecule has 1 unspecified atom stereocenters. The molecule has 0 saturated carbocycles. The summed E-state index contributed by atoms with van der Waals surface area (Å²) >= 11 is 0. The van der Waals surface area contributed by atoms with Crippen molar-refractivity contribution < 1.29 is 14.3 Å². The molecule has 1 atom stereocenters. The Morgan fingerprint density at radius 2 is 2.30 bits per heavy atom. The minimum absolute atomic E-state index is 0.440. The minimum atomic E-state index is -1.16. The van der Waals surface area contributed by atoms with Crippen LogP contribution >= 0.6 is 0 Å². The van der Waals surface area contributed by atoms with Gasteiger partial charge >= 0.3 is 0 Å². The minimum Gasteiger partial charge on any atom is -0.335 e. The van der Waals surface area contributed by atoms with Crippen molar-refractivity contribution in [3.63, 3.8) is 0 Å². The number of rotatable bonds is 4. The van der Waals surface area contributed by atoms with E-state index in [9.17, 15) is 4.79 Å². The van der Waals surface area contributed by atoms with Gasteiger partial charge in [0.05, 0.1) is 0 Å². The van der Waals surface area contributed by atoms with Crippen LogP contribution in [0, 0.1) is 0 Å². The highest BCUT2D eigenvalue weighted by Crippen LogP contribution is 2.10. The molecule has 0 radical (unpaired) electrons. The van der Waals surface area contributed by atoms with Crippen LogP contribution in [0.1, 0.15) is 13.8 Å². The van der Waals surface area contributed by atoms with Gasteiger partial charge in [0.2, 0.25) is 6.08 Å². The van der Waals surface area contributed by atoms with Gasteiger partial charge in [-0.15, -0.1) is 4.99 Å². The summed E-state index contributed by atoms with van der Waals surface area (Å²) in [7, 11) is 1.41. The van der Waals surface area contributed by atoms with Crippen LogP contribution < -0.4 is 0 Å². The van der Waals surface area contributed by atoms with Crippen LogP contribution in [0.4, 0.5) is 0 Å². The van der Waals surface area contributed by atoms with E-state index in [1.54, 1.807) is 13.8 Å². The summed E-state index contributed by atoms with van der Waals surface area (Å²) in [5, 5.41) is 0. The maximum atomic E-state index is 9.80. The van der Waals surface area contributed by atoms with Crippen molar-refractivity contribution in [3.8, 4) is 0 Å². The molecule has 0 N–H and O–H groups in total. The smallest absolute Gasteiger partial charge is 0.277 e. The molecule has 0 aromatic carbocycles. The average Bonchev–Trinajstić information content (AvgIpc) is 1.89. The summed E-state index contributed by atoms with van der Waals surface area (Å²) < 4.78 is 9.73. The first kappa shape index (κ1) is 9.30. The van der Waals surface area contributed by atoms with E-state index in [2.05, 4.69) is 4.99 Å². The maximum Gasteiger partial charge on any atom is 0.277 e. The molecular formula is C6H11NO3. The van der Waals surface area contributed by atoms with Crippen LogP contribution in [0.25, 0.3) is 0 Å². The SMILES string of the molecule is CCOC(C)(N=C=O)OC. The fraction of sp³-hybridized carbons (Fsp3) is 0.833. The van der Waals surface area contributed by atoms with E-state index >= 15 is 0 Å². The fourth-order valence-electron chi connectivity index (χ4n) is 0.488. The Bertz CT molecular complexity index is 142. The lowest BCUT2D eigenvalue weighted by atomic mass is 10.6. The van der Waals surface area contributed by atoms with Gasteiger partial charge in [-0.05, 0) is 6.92 Å². The molecule has 4 nitrogen and oxygen atoms in total. The Morgan fingerprint density at radius 1 is 1.70 bits per heavy atom. The van der Waals surface area contributed by atoms with Gasteiger partial charge < -0.3 is 9.47 Å². The maximum absolute atomic E-state index is 9.80. The highest BCUT2D eigenvalue weighted by molar-refractivity contribution is 5.33. The van der Waals surface area contributed by atoms with Gasteiger partial charge in [-0.3, -0.25) is 0 Å². The van der Waals surface area contributed by atoms with Crippen LogP contribution in [0.5, 0.6) is 0 Å². The van der Waals surface area contributed by atoms with E-state index in [1.165, 1.54) is 13.2 Å². The summed E-state index contributed by atoms with van der Waals surface area (Å²) in [6, 6.07) is 0. The second-order valence-corrected chi connectivity index (χ2v) is 1.74. The van der Waals surface area contributed by atoms with E-state index in [0.29, 0.717) is 6.61 Å². The number of carbonyl (C=O) groups excluding carboxylic acids is 1. The summed E-state index contributed by atoms with van der Waals surface area (Å²) in [4.78, 5) is 13.1. The highest BCUT2D eigenvalue weighted by Gasteiger charge is 2.21. The first-order chi connectivity index (χ1) is 4.68. The van der Waals surface area contributed by atoms with Gasteiger partial charge in [-0.2, -0.15) is 0 Å². The number of hydrogen-bond acceptors (Lipinski definition) is 4. The third kappa shape index (κ3) is 2.73. The van der Waals surface area contributed by atoms with Crippen molar-refractivity contribution in [2.24, 2.45) is 4.99 Å². The molecule has 4 heteroatoms. The summed E-state index contributed by atoms with van der Waals surface area (Å²) in [6.45, 7) is 3.77. The van der Waals surface area contributed by atoms with Crippen LogP contribution in [-0.2, 0) is 14.3 Å². The van der Waals surface area contributed by atoms with E-state index < -0.39 is 5.91 Å². The predicted octanol–water partition coefficient (Wildman–Crippen LogP) is 0.679. The second-order valence-electron chi connectivity index (χ2n) is 1.74. The zero-order chi connectivity index (χ0) is 8.04. The molecule has 0 aromatic heterocycles. The van der Waals surface area contributed by atoms with E-state index in [-0.39, 0.29) is 0 Å². The summed E-state index contributed by atoms with van der Waals surface area (Å²) in [6.07, 6.45) is 1.37. The van der Waals surface area contributed by atoms with Crippen LogP contribution in [0.3, 0.4) is 0 Å². The number of nitrogens with zero attached hydrogens (tertiary/aromatic N) is 1. The predicted molar refractivity (Wildman–Crippen MR) is 35.2 cm³/mol. The van der Waals surface area contributed by atoms with E-state index in [4.69, 9.17) is 9.47 Å². The molecule has 0 aliphatic heterocycles. The Balaban J connectivity index is 4.07. The lowest BCUT2D eigenvalue weighted by Gasteiger charge is -2.20. The third-order valence-electron chi connectivity index (χ3n) is 1.04. The van der Waals surface area contributed by atoms with Gasteiger partial charge in [-0.1, -0.05) is 0 Å². The average molecular weight is 145 g/mol. The van der Waals surface area contributed by atoms with E-state index in [1.807, 2.05) is 0 Å². The Morgan fingerprint density at radius 3 is 2.60 bits per heavy atom. The monoisotopic (exact) mass is 145 g/mol. The Labute approximate surface area is 59.8 Å². The van der Waals surface area contributed by atoms with Gasteiger partial charge in [0, 0.05) is 20.6 Å². The molecule has 58 valence electrons. The van der Waals surface area contributed by atoms with Gasteiger partial charge in [-0.25, -0.2) is 4.79 Å². The molecule has 0 aliphatic rings. The molecule has 0 heterocycles. The normalized spacial score (nSPS) is 15.5. The van der Waals surface area contributed by atoms with Gasteiger partial charge in [0.15, 0.2) is 0 Å². The standard InChI is InChI=1S/C6H11NO3/c1-4-10-6(2,9-3)7-5-8/h4H2,1-3H3. The molecule has 0 amide bonds. The molecule has 0 bridgehead atoms. The molecule has 0 rings (SSSR count). The first-order valence-corrected chi connectivity index (χ1v) is 2.96. The largest absolute Gasteiger partial charge is 0.335 e. The topological polar surface area (TPSA) is 47.9 Å². The van der Waals surface area contributed by atoms with Crippen LogP contribution in [-0.4, -0.2) is 25.7 Å². The molecule has 0 aliphatic carbocycles. The highest BCUT2D eigenvalue weighted by atomic mass is 16.7. The van der Waals surface area contributed by atoms with Crippen molar-refractivity contribution >= 4 is 6.08 Å². The van der Waals surface area contributed by atoms with Crippen LogP contribution in [0.15, 0.2) is 4.99 Å². The van der Waals surface area contributed by atoms with E-state index in [0.717, 1.165) is 0 Å². The summed E-state index contributed by atoms with van der Waals surface area (Å²) in [5.41, 5.74) is 0. The fourth-order valence-corrected chi connectivity index (χ4v) is 0.488. The van der Waals surface area contributed by atoms with Crippen molar-refractivity contribution in [1.29, 1.82) is 0 Å². The van der Waals surface area contributed by atoms with Crippen molar-refractivity contribution in [3.05, 3.63) is 0 Å². The zero-order valence-corrected chi connectivity index (χ0v) is 6.38. The van der Waals surface area contributed by atoms with Gasteiger partial charge in [0.25, 0.3) is 5.91 Å².